The molecule has 2 aliphatic heterocycles. The lowest BCUT2D eigenvalue weighted by Gasteiger charge is -2.35. The molecule has 0 aromatic rings. The van der Waals surface area contributed by atoms with Crippen LogP contribution in [0.25, 0.3) is 0 Å². The molecule has 0 spiro atoms. The Morgan fingerprint density at radius 3 is 2.68 bits per heavy atom. The van der Waals surface area contributed by atoms with Crippen molar-refractivity contribution < 1.29 is 14.3 Å². The molecule has 19 heavy (non-hydrogen) atoms. The number of morpholine rings is 1. The number of carbonyl (C=O) groups is 1. The van der Waals surface area contributed by atoms with E-state index in [4.69, 9.17) is 9.47 Å². The minimum atomic E-state index is -0.629. The first-order valence-electron chi connectivity index (χ1n) is 7.11. The van der Waals surface area contributed by atoms with Crippen LogP contribution >= 0.6 is 0 Å². The summed E-state index contributed by atoms with van der Waals surface area (Å²) in [6, 6.07) is 0. The van der Waals surface area contributed by atoms with Crippen molar-refractivity contribution in [2.75, 3.05) is 59.6 Å². The van der Waals surface area contributed by atoms with Crippen LogP contribution in [0.4, 0.5) is 0 Å². The van der Waals surface area contributed by atoms with Crippen LogP contribution in [0.1, 0.15) is 12.8 Å². The highest BCUT2D eigenvalue weighted by atomic mass is 16.5. The van der Waals surface area contributed by atoms with E-state index in [1.807, 2.05) is 0 Å². The third kappa shape index (κ3) is 3.89. The second kappa shape index (κ2) is 7.19. The summed E-state index contributed by atoms with van der Waals surface area (Å²) >= 11 is 0. The van der Waals surface area contributed by atoms with Crippen molar-refractivity contribution in [2.24, 2.45) is 0 Å². The molecular weight excluding hydrogens is 246 g/mol. The van der Waals surface area contributed by atoms with Gasteiger partial charge in [0.2, 0.25) is 0 Å². The van der Waals surface area contributed by atoms with Crippen LogP contribution in [-0.4, -0.2) is 76.0 Å². The van der Waals surface area contributed by atoms with Crippen LogP contribution in [0.2, 0.25) is 0 Å². The first-order chi connectivity index (χ1) is 9.27. The minimum absolute atomic E-state index is 0.0322. The van der Waals surface area contributed by atoms with Gasteiger partial charge in [0.15, 0.2) is 0 Å². The van der Waals surface area contributed by atoms with Crippen LogP contribution in [-0.2, 0) is 14.3 Å². The molecule has 6 heteroatoms. The SMILES string of the molecule is COC1(C(=O)NCCN2CCOCC2)CCNCC1. The average molecular weight is 271 g/mol. The second-order valence-corrected chi connectivity index (χ2v) is 5.16. The Morgan fingerprint density at radius 1 is 1.37 bits per heavy atom. The summed E-state index contributed by atoms with van der Waals surface area (Å²) in [6.45, 7) is 6.73. The van der Waals surface area contributed by atoms with Crippen molar-refractivity contribution in [3.63, 3.8) is 0 Å². The fourth-order valence-corrected chi connectivity index (χ4v) is 2.67. The summed E-state index contributed by atoms with van der Waals surface area (Å²) in [5.41, 5.74) is -0.629. The van der Waals surface area contributed by atoms with Gasteiger partial charge in [-0.25, -0.2) is 0 Å². The molecule has 0 aliphatic carbocycles. The van der Waals surface area contributed by atoms with Crippen molar-refractivity contribution in [1.29, 1.82) is 0 Å². The summed E-state index contributed by atoms with van der Waals surface area (Å²) in [6.07, 6.45) is 1.49. The quantitative estimate of drug-likeness (QED) is 0.686. The van der Waals surface area contributed by atoms with E-state index in [1.54, 1.807) is 7.11 Å². The zero-order valence-electron chi connectivity index (χ0n) is 11.7. The van der Waals surface area contributed by atoms with Crippen LogP contribution in [0.15, 0.2) is 0 Å². The van der Waals surface area contributed by atoms with Crippen molar-refractivity contribution in [2.45, 2.75) is 18.4 Å². The Labute approximate surface area is 114 Å². The lowest BCUT2D eigenvalue weighted by atomic mass is 9.91. The smallest absolute Gasteiger partial charge is 0.252 e. The van der Waals surface area contributed by atoms with Gasteiger partial charge in [0.05, 0.1) is 13.2 Å². The highest BCUT2D eigenvalue weighted by molar-refractivity contribution is 5.85. The molecule has 0 aromatic carbocycles. The van der Waals surface area contributed by atoms with Gasteiger partial charge in [0.25, 0.3) is 5.91 Å². The number of carbonyl (C=O) groups excluding carboxylic acids is 1. The zero-order valence-corrected chi connectivity index (χ0v) is 11.7. The van der Waals surface area contributed by atoms with Gasteiger partial charge >= 0.3 is 0 Å². The number of hydrogen-bond donors (Lipinski definition) is 2. The lowest BCUT2D eigenvalue weighted by Crippen LogP contribution is -2.55. The summed E-state index contributed by atoms with van der Waals surface area (Å²) in [7, 11) is 1.63. The predicted molar refractivity (Wildman–Crippen MR) is 72.1 cm³/mol. The molecule has 2 N–H and O–H groups in total. The van der Waals surface area contributed by atoms with Crippen LogP contribution in [0.5, 0.6) is 0 Å². The van der Waals surface area contributed by atoms with E-state index in [-0.39, 0.29) is 5.91 Å². The first kappa shape index (κ1) is 14.7. The molecule has 0 bridgehead atoms. The molecule has 0 saturated carbocycles. The van der Waals surface area contributed by atoms with E-state index < -0.39 is 5.60 Å². The molecule has 2 aliphatic rings. The summed E-state index contributed by atoms with van der Waals surface area (Å²) in [5, 5.41) is 6.27. The Bertz CT molecular complexity index is 287. The molecule has 2 fully saturated rings. The molecule has 2 saturated heterocycles. The fraction of sp³-hybridized carbons (Fsp3) is 0.923. The van der Waals surface area contributed by atoms with Gasteiger partial charge in [-0.05, 0) is 25.9 Å². The number of ether oxygens (including phenoxy) is 2. The van der Waals surface area contributed by atoms with E-state index in [9.17, 15) is 4.79 Å². The molecule has 6 nitrogen and oxygen atoms in total. The summed E-state index contributed by atoms with van der Waals surface area (Å²) < 4.78 is 10.8. The molecular formula is C13H25N3O3. The summed E-state index contributed by atoms with van der Waals surface area (Å²) in [5.74, 6) is 0.0322. The molecule has 110 valence electrons. The molecule has 2 heterocycles. The normalized spacial score (nSPS) is 24.1. The molecule has 1 amide bonds. The van der Waals surface area contributed by atoms with Crippen molar-refractivity contribution in [1.82, 2.24) is 15.5 Å². The van der Waals surface area contributed by atoms with Crippen LogP contribution in [0, 0.1) is 0 Å². The lowest BCUT2D eigenvalue weighted by molar-refractivity contribution is -0.146. The van der Waals surface area contributed by atoms with Gasteiger partial charge in [-0.3, -0.25) is 9.69 Å². The highest BCUT2D eigenvalue weighted by Gasteiger charge is 2.39. The second-order valence-electron chi connectivity index (χ2n) is 5.16. The van der Waals surface area contributed by atoms with Crippen molar-refractivity contribution in [3.05, 3.63) is 0 Å². The predicted octanol–water partition coefficient (Wildman–Crippen LogP) is -0.797. The molecule has 0 aromatic heterocycles. The molecule has 0 radical (unpaired) electrons. The number of hydrogen-bond acceptors (Lipinski definition) is 5. The number of piperidine rings is 1. The van der Waals surface area contributed by atoms with Crippen molar-refractivity contribution >= 4 is 5.91 Å². The van der Waals surface area contributed by atoms with Gasteiger partial charge in [-0.2, -0.15) is 0 Å². The monoisotopic (exact) mass is 271 g/mol. The maximum Gasteiger partial charge on any atom is 0.252 e. The Balaban J connectivity index is 1.73. The third-order valence-electron chi connectivity index (χ3n) is 4.03. The van der Waals surface area contributed by atoms with Gasteiger partial charge in [0.1, 0.15) is 5.60 Å². The van der Waals surface area contributed by atoms with E-state index in [0.29, 0.717) is 6.54 Å². The summed E-state index contributed by atoms with van der Waals surface area (Å²) in [4.78, 5) is 14.6. The average Bonchev–Trinajstić information content (AvgIpc) is 2.49. The van der Waals surface area contributed by atoms with Gasteiger partial charge in [-0.1, -0.05) is 0 Å². The van der Waals surface area contributed by atoms with Crippen molar-refractivity contribution in [3.8, 4) is 0 Å². The van der Waals surface area contributed by atoms with Gasteiger partial charge in [-0.15, -0.1) is 0 Å². The minimum Gasteiger partial charge on any atom is -0.379 e. The topological polar surface area (TPSA) is 62.8 Å². The Kier molecular flexibility index (Phi) is 5.57. The van der Waals surface area contributed by atoms with E-state index >= 15 is 0 Å². The number of nitrogens with one attached hydrogen (secondary N) is 2. The Hall–Kier alpha value is -0.690. The maximum absolute atomic E-state index is 12.3. The molecule has 0 atom stereocenters. The van der Waals surface area contributed by atoms with E-state index in [0.717, 1.165) is 58.8 Å². The number of methoxy groups -OCH3 is 1. The van der Waals surface area contributed by atoms with Crippen LogP contribution in [0.3, 0.4) is 0 Å². The largest absolute Gasteiger partial charge is 0.379 e. The maximum atomic E-state index is 12.3. The third-order valence-corrected chi connectivity index (χ3v) is 4.03. The number of nitrogens with zero attached hydrogens (tertiary/aromatic N) is 1. The number of rotatable bonds is 5. The molecule has 2 rings (SSSR count). The number of amides is 1. The van der Waals surface area contributed by atoms with E-state index in [2.05, 4.69) is 15.5 Å². The van der Waals surface area contributed by atoms with Gasteiger partial charge in [0, 0.05) is 33.3 Å². The van der Waals surface area contributed by atoms with Crippen LogP contribution < -0.4 is 10.6 Å². The van der Waals surface area contributed by atoms with E-state index in [1.165, 1.54) is 0 Å². The zero-order chi connectivity index (χ0) is 13.6. The fourth-order valence-electron chi connectivity index (χ4n) is 2.67. The Morgan fingerprint density at radius 2 is 2.05 bits per heavy atom. The molecule has 0 unspecified atom stereocenters. The highest BCUT2D eigenvalue weighted by Crippen LogP contribution is 2.22. The standard InChI is InChI=1S/C13H25N3O3/c1-18-13(2-4-14-5-3-13)12(17)15-6-7-16-8-10-19-11-9-16/h14H,2-11H2,1H3,(H,15,17). The first-order valence-corrected chi connectivity index (χ1v) is 7.11. The van der Waals surface area contributed by atoms with Gasteiger partial charge < -0.3 is 20.1 Å².